The monoisotopic (exact) mass is 357 g/mol. The molecule has 0 spiro atoms. The Morgan fingerprint density at radius 1 is 1.35 bits per heavy atom. The molecule has 0 saturated carbocycles. The minimum atomic E-state index is -4.11. The van der Waals surface area contributed by atoms with Gasteiger partial charge >= 0.3 is 5.97 Å². The van der Waals surface area contributed by atoms with Crippen molar-refractivity contribution in [1.29, 1.82) is 0 Å². The zero-order valence-electron chi connectivity index (χ0n) is 12.7. The molecule has 1 unspecified atom stereocenters. The lowest BCUT2D eigenvalue weighted by molar-refractivity contribution is -0.139. The fourth-order valence-electron chi connectivity index (χ4n) is 2.32. The van der Waals surface area contributed by atoms with Gasteiger partial charge in [0.2, 0.25) is 10.0 Å². The van der Waals surface area contributed by atoms with Crippen LogP contribution in [0.2, 0.25) is 5.02 Å². The maximum absolute atomic E-state index is 12.5. The van der Waals surface area contributed by atoms with Crippen molar-refractivity contribution in [2.45, 2.75) is 24.8 Å². The number of carboxylic acids is 1. The molecule has 1 atom stereocenters. The molecule has 2 rings (SSSR count). The van der Waals surface area contributed by atoms with Gasteiger partial charge in [0.15, 0.2) is 0 Å². The molecule has 1 aromatic heterocycles. The van der Waals surface area contributed by atoms with E-state index in [0.29, 0.717) is 17.0 Å². The maximum Gasteiger partial charge on any atom is 0.326 e. The van der Waals surface area contributed by atoms with Crippen molar-refractivity contribution in [3.63, 3.8) is 0 Å². The Labute approximate surface area is 138 Å². The van der Waals surface area contributed by atoms with Crippen molar-refractivity contribution in [1.82, 2.24) is 14.5 Å². The number of nitrogens with zero attached hydrogens (tertiary/aromatic N) is 2. The van der Waals surface area contributed by atoms with E-state index < -0.39 is 22.0 Å². The molecule has 0 bridgehead atoms. The summed E-state index contributed by atoms with van der Waals surface area (Å²) in [5.41, 5.74) is 1.33. The summed E-state index contributed by atoms with van der Waals surface area (Å²) in [5.74, 6) is -1.32. The van der Waals surface area contributed by atoms with Gasteiger partial charge in [0.25, 0.3) is 0 Å². The van der Waals surface area contributed by atoms with E-state index in [4.69, 9.17) is 11.6 Å². The van der Waals surface area contributed by atoms with E-state index in [9.17, 15) is 18.3 Å². The van der Waals surface area contributed by atoms with Crippen LogP contribution in [0.3, 0.4) is 0 Å². The SMILES string of the molecule is Cc1nn(C)c(C)c1C(NS(=O)(=O)c1ccccc1Cl)C(=O)O. The highest BCUT2D eigenvalue weighted by Gasteiger charge is 2.32. The second-order valence-corrected chi connectivity index (χ2v) is 7.12. The van der Waals surface area contributed by atoms with Crippen molar-refractivity contribution >= 4 is 27.6 Å². The third kappa shape index (κ3) is 3.39. The molecule has 7 nitrogen and oxygen atoms in total. The zero-order chi connectivity index (χ0) is 17.4. The largest absolute Gasteiger partial charge is 0.480 e. The van der Waals surface area contributed by atoms with Gasteiger partial charge in [-0.25, -0.2) is 8.42 Å². The number of aryl methyl sites for hydroxylation is 2. The van der Waals surface area contributed by atoms with Crippen molar-refractivity contribution < 1.29 is 18.3 Å². The summed E-state index contributed by atoms with van der Waals surface area (Å²) in [5, 5.41) is 13.6. The molecule has 2 N–H and O–H groups in total. The number of hydrogen-bond donors (Lipinski definition) is 2. The molecule has 2 aromatic rings. The van der Waals surface area contributed by atoms with Crippen LogP contribution in [0.4, 0.5) is 0 Å². The third-order valence-electron chi connectivity index (χ3n) is 3.50. The van der Waals surface area contributed by atoms with Gasteiger partial charge in [-0.1, -0.05) is 23.7 Å². The van der Waals surface area contributed by atoms with Crippen molar-refractivity contribution in [3.8, 4) is 0 Å². The third-order valence-corrected chi connectivity index (χ3v) is 5.42. The molecule has 0 radical (unpaired) electrons. The summed E-state index contributed by atoms with van der Waals surface area (Å²) in [6.07, 6.45) is 0. The molecule has 0 amide bonds. The number of aromatic nitrogens is 2. The molecule has 0 aliphatic carbocycles. The lowest BCUT2D eigenvalue weighted by Crippen LogP contribution is -2.34. The molecule has 0 fully saturated rings. The van der Waals surface area contributed by atoms with Crippen molar-refractivity contribution in [2.75, 3.05) is 0 Å². The molecular weight excluding hydrogens is 342 g/mol. The first-order chi connectivity index (χ1) is 10.6. The summed E-state index contributed by atoms with van der Waals surface area (Å²) in [4.78, 5) is 11.4. The standard InChI is InChI=1S/C14H16ClN3O4S/c1-8-12(9(2)18(3)16-8)13(14(19)20)17-23(21,22)11-7-5-4-6-10(11)15/h4-7,13,17H,1-3H3,(H,19,20). The van der Waals surface area contributed by atoms with Crippen LogP contribution in [0, 0.1) is 13.8 Å². The Morgan fingerprint density at radius 3 is 2.43 bits per heavy atom. The van der Waals surface area contributed by atoms with E-state index in [-0.39, 0.29) is 9.92 Å². The predicted octanol–water partition coefficient (Wildman–Crippen LogP) is 1.79. The van der Waals surface area contributed by atoms with Gasteiger partial charge in [-0.3, -0.25) is 9.48 Å². The zero-order valence-corrected chi connectivity index (χ0v) is 14.3. The van der Waals surface area contributed by atoms with E-state index in [1.807, 2.05) is 0 Å². The van der Waals surface area contributed by atoms with Crippen LogP contribution in [0.15, 0.2) is 29.2 Å². The number of halogens is 1. The highest BCUT2D eigenvalue weighted by molar-refractivity contribution is 7.89. The van der Waals surface area contributed by atoms with Crippen LogP contribution in [0.1, 0.15) is 23.0 Å². The minimum Gasteiger partial charge on any atom is -0.480 e. The molecule has 124 valence electrons. The average Bonchev–Trinajstić information content (AvgIpc) is 2.70. The number of aliphatic carboxylic acids is 1. The van der Waals surface area contributed by atoms with E-state index in [1.54, 1.807) is 27.0 Å². The van der Waals surface area contributed by atoms with Crippen LogP contribution < -0.4 is 4.72 Å². The summed E-state index contributed by atoms with van der Waals surface area (Å²) in [7, 11) is -2.45. The highest BCUT2D eigenvalue weighted by atomic mass is 35.5. The van der Waals surface area contributed by atoms with E-state index in [0.717, 1.165) is 0 Å². The first-order valence-electron chi connectivity index (χ1n) is 6.65. The predicted molar refractivity (Wildman–Crippen MR) is 84.8 cm³/mol. The Bertz CT molecular complexity index is 861. The number of carboxylic acid groups (broad SMARTS) is 1. The summed E-state index contributed by atoms with van der Waals surface area (Å²) < 4.78 is 28.7. The normalized spacial score (nSPS) is 13.0. The van der Waals surface area contributed by atoms with Gasteiger partial charge in [0, 0.05) is 18.3 Å². The fraction of sp³-hybridized carbons (Fsp3) is 0.286. The number of benzene rings is 1. The number of sulfonamides is 1. The second kappa shape index (κ2) is 6.31. The summed E-state index contributed by atoms with van der Waals surface area (Å²) in [6, 6.07) is 4.38. The van der Waals surface area contributed by atoms with Gasteiger partial charge in [-0.2, -0.15) is 9.82 Å². The number of rotatable bonds is 5. The Hall–Kier alpha value is -1.90. The molecule has 1 heterocycles. The Balaban J connectivity index is 2.49. The summed E-state index contributed by atoms with van der Waals surface area (Å²) in [6.45, 7) is 3.30. The molecule has 1 aromatic carbocycles. The smallest absolute Gasteiger partial charge is 0.326 e. The van der Waals surface area contributed by atoms with Gasteiger partial charge < -0.3 is 5.11 Å². The Morgan fingerprint density at radius 2 is 1.96 bits per heavy atom. The minimum absolute atomic E-state index is 0.0174. The van der Waals surface area contributed by atoms with Gasteiger partial charge in [0.1, 0.15) is 10.9 Å². The van der Waals surface area contributed by atoms with E-state index in [1.165, 1.54) is 22.9 Å². The Kier molecular flexibility index (Phi) is 4.79. The molecule has 9 heteroatoms. The molecule has 23 heavy (non-hydrogen) atoms. The fourth-order valence-corrected chi connectivity index (χ4v) is 4.00. The number of hydrogen-bond acceptors (Lipinski definition) is 4. The average molecular weight is 358 g/mol. The van der Waals surface area contributed by atoms with Gasteiger partial charge in [-0.15, -0.1) is 0 Å². The van der Waals surface area contributed by atoms with E-state index in [2.05, 4.69) is 9.82 Å². The van der Waals surface area contributed by atoms with Crippen molar-refractivity contribution in [3.05, 3.63) is 46.2 Å². The van der Waals surface area contributed by atoms with Crippen LogP contribution in [-0.2, 0) is 21.9 Å². The molecule has 0 aliphatic heterocycles. The van der Waals surface area contributed by atoms with E-state index >= 15 is 0 Å². The number of carbonyl (C=O) groups is 1. The first-order valence-corrected chi connectivity index (χ1v) is 8.51. The lowest BCUT2D eigenvalue weighted by atomic mass is 10.1. The highest BCUT2D eigenvalue weighted by Crippen LogP contribution is 2.26. The summed E-state index contributed by atoms with van der Waals surface area (Å²) >= 11 is 5.90. The molecular formula is C14H16ClN3O4S. The van der Waals surface area contributed by atoms with Gasteiger partial charge in [-0.05, 0) is 26.0 Å². The van der Waals surface area contributed by atoms with Crippen LogP contribution in [0.5, 0.6) is 0 Å². The van der Waals surface area contributed by atoms with Crippen LogP contribution >= 0.6 is 11.6 Å². The quantitative estimate of drug-likeness (QED) is 0.849. The lowest BCUT2D eigenvalue weighted by Gasteiger charge is -2.16. The second-order valence-electron chi connectivity index (χ2n) is 5.03. The van der Waals surface area contributed by atoms with Gasteiger partial charge in [0.05, 0.1) is 10.7 Å². The first kappa shape index (κ1) is 17.5. The maximum atomic E-state index is 12.5. The number of nitrogens with one attached hydrogen (secondary N) is 1. The van der Waals surface area contributed by atoms with Crippen LogP contribution in [0.25, 0.3) is 0 Å². The van der Waals surface area contributed by atoms with Crippen LogP contribution in [-0.4, -0.2) is 29.3 Å². The molecule has 0 aliphatic rings. The molecule has 0 saturated heterocycles. The van der Waals surface area contributed by atoms with Crippen molar-refractivity contribution in [2.24, 2.45) is 7.05 Å². The topological polar surface area (TPSA) is 101 Å².